The smallest absolute Gasteiger partial charge is 0.0801 e. The van der Waals surface area contributed by atoms with Gasteiger partial charge in [0, 0.05) is 6.42 Å². The first kappa shape index (κ1) is 8.86. The molecule has 15 heavy (non-hydrogen) atoms. The summed E-state index contributed by atoms with van der Waals surface area (Å²) in [4.78, 5) is 5.70. The summed E-state index contributed by atoms with van der Waals surface area (Å²) < 4.78 is 0. The van der Waals surface area contributed by atoms with E-state index in [1.807, 2.05) is 5.51 Å². The number of aromatic nitrogens is 1. The maximum absolute atomic E-state index is 4.36. The average Bonchev–Trinajstić information content (AvgIpc) is 2.79. The van der Waals surface area contributed by atoms with Crippen LogP contribution in [0.1, 0.15) is 16.1 Å². The number of fused-ring (bicyclic) bond motifs is 1. The molecule has 74 valence electrons. The molecular formula is C13H11NS. The van der Waals surface area contributed by atoms with Gasteiger partial charge in [-0.1, -0.05) is 35.9 Å². The number of nitrogens with zero attached hydrogens (tertiary/aromatic N) is 1. The SMILES string of the molecule is C1=C(Cc2ccccc2)Cc2ncsc21. The number of hydrogen-bond acceptors (Lipinski definition) is 2. The molecule has 0 aliphatic heterocycles. The van der Waals surface area contributed by atoms with Crippen LogP contribution < -0.4 is 0 Å². The van der Waals surface area contributed by atoms with Crippen LogP contribution in [0.2, 0.25) is 0 Å². The molecule has 0 fully saturated rings. The van der Waals surface area contributed by atoms with E-state index in [4.69, 9.17) is 0 Å². The first-order chi connectivity index (χ1) is 7.42. The molecule has 1 aliphatic rings. The highest BCUT2D eigenvalue weighted by Crippen LogP contribution is 2.28. The Morgan fingerprint density at radius 3 is 2.87 bits per heavy atom. The molecule has 0 amide bonds. The van der Waals surface area contributed by atoms with Crippen LogP contribution in [0, 0.1) is 0 Å². The van der Waals surface area contributed by atoms with Crippen molar-refractivity contribution in [2.75, 3.05) is 0 Å². The number of allylic oxidation sites excluding steroid dienone is 1. The van der Waals surface area contributed by atoms with Crippen LogP contribution in [-0.4, -0.2) is 4.98 Å². The Hall–Kier alpha value is -1.41. The Morgan fingerprint density at radius 1 is 1.20 bits per heavy atom. The van der Waals surface area contributed by atoms with E-state index in [2.05, 4.69) is 41.4 Å². The quantitative estimate of drug-likeness (QED) is 0.745. The van der Waals surface area contributed by atoms with Gasteiger partial charge in [0.05, 0.1) is 16.1 Å². The van der Waals surface area contributed by atoms with Crippen LogP contribution in [-0.2, 0) is 12.8 Å². The van der Waals surface area contributed by atoms with Gasteiger partial charge in [-0.3, -0.25) is 0 Å². The number of rotatable bonds is 2. The predicted octanol–water partition coefficient (Wildman–Crippen LogP) is 3.33. The van der Waals surface area contributed by atoms with Gasteiger partial charge in [-0.2, -0.15) is 0 Å². The van der Waals surface area contributed by atoms with Gasteiger partial charge in [-0.15, -0.1) is 11.3 Å². The Kier molecular flexibility index (Phi) is 2.14. The molecule has 0 atom stereocenters. The molecule has 2 aromatic rings. The van der Waals surface area contributed by atoms with Gasteiger partial charge in [0.25, 0.3) is 0 Å². The molecule has 1 nitrogen and oxygen atoms in total. The molecule has 0 bridgehead atoms. The van der Waals surface area contributed by atoms with Crippen molar-refractivity contribution in [1.29, 1.82) is 0 Å². The summed E-state index contributed by atoms with van der Waals surface area (Å²) in [7, 11) is 0. The summed E-state index contributed by atoms with van der Waals surface area (Å²) >= 11 is 1.74. The van der Waals surface area contributed by atoms with Gasteiger partial charge in [0.1, 0.15) is 0 Å². The first-order valence-corrected chi connectivity index (χ1v) is 5.95. The maximum Gasteiger partial charge on any atom is 0.0801 e. The largest absolute Gasteiger partial charge is 0.249 e. The molecule has 3 rings (SSSR count). The van der Waals surface area contributed by atoms with Crippen LogP contribution in [0.25, 0.3) is 6.08 Å². The summed E-state index contributed by atoms with van der Waals surface area (Å²) in [6.45, 7) is 0. The zero-order chi connectivity index (χ0) is 10.1. The minimum Gasteiger partial charge on any atom is -0.249 e. The molecular weight excluding hydrogens is 202 g/mol. The molecule has 2 heteroatoms. The van der Waals surface area contributed by atoms with E-state index in [1.165, 1.54) is 21.7 Å². The van der Waals surface area contributed by atoms with Gasteiger partial charge in [-0.05, 0) is 18.1 Å². The summed E-state index contributed by atoms with van der Waals surface area (Å²) in [6.07, 6.45) is 4.39. The van der Waals surface area contributed by atoms with Crippen LogP contribution in [0.15, 0.2) is 41.4 Å². The lowest BCUT2D eigenvalue weighted by molar-refractivity contribution is 1.03. The lowest BCUT2D eigenvalue weighted by Crippen LogP contribution is -1.91. The van der Waals surface area contributed by atoms with Crippen molar-refractivity contribution >= 4 is 17.4 Å². The van der Waals surface area contributed by atoms with Crippen molar-refractivity contribution in [2.45, 2.75) is 12.8 Å². The minimum atomic E-state index is 1.04. The third-order valence-corrected chi connectivity index (χ3v) is 3.49. The molecule has 1 heterocycles. The monoisotopic (exact) mass is 213 g/mol. The lowest BCUT2D eigenvalue weighted by Gasteiger charge is -2.01. The summed E-state index contributed by atoms with van der Waals surface area (Å²) in [5.74, 6) is 0. The number of thiazole rings is 1. The van der Waals surface area contributed by atoms with Gasteiger partial charge >= 0.3 is 0 Å². The van der Waals surface area contributed by atoms with E-state index in [-0.39, 0.29) is 0 Å². The van der Waals surface area contributed by atoms with Gasteiger partial charge < -0.3 is 0 Å². The zero-order valence-electron chi connectivity index (χ0n) is 8.31. The van der Waals surface area contributed by atoms with Crippen molar-refractivity contribution in [2.24, 2.45) is 0 Å². The molecule has 0 radical (unpaired) electrons. The van der Waals surface area contributed by atoms with Crippen molar-refractivity contribution < 1.29 is 0 Å². The third kappa shape index (κ3) is 1.73. The van der Waals surface area contributed by atoms with E-state index in [1.54, 1.807) is 11.3 Å². The summed E-state index contributed by atoms with van der Waals surface area (Å²) in [6, 6.07) is 10.6. The summed E-state index contributed by atoms with van der Waals surface area (Å²) in [5, 5.41) is 0. The highest BCUT2D eigenvalue weighted by molar-refractivity contribution is 7.10. The predicted molar refractivity (Wildman–Crippen MR) is 63.9 cm³/mol. The molecule has 0 saturated carbocycles. The van der Waals surface area contributed by atoms with E-state index < -0.39 is 0 Å². The van der Waals surface area contributed by atoms with Gasteiger partial charge in [0.15, 0.2) is 0 Å². The normalized spacial score (nSPS) is 13.7. The number of hydrogen-bond donors (Lipinski definition) is 0. The molecule has 0 N–H and O–H groups in total. The second-order valence-electron chi connectivity index (χ2n) is 3.81. The Bertz CT molecular complexity index is 496. The van der Waals surface area contributed by atoms with Crippen LogP contribution in [0.3, 0.4) is 0 Å². The van der Waals surface area contributed by atoms with Crippen molar-refractivity contribution in [3.05, 3.63) is 57.6 Å². The standard InChI is InChI=1S/C13H11NS/c1-2-4-10(5-3-1)6-11-7-12-13(8-11)15-9-14-12/h1-5,8-9H,6-7H2. The molecule has 0 spiro atoms. The van der Waals surface area contributed by atoms with Crippen molar-refractivity contribution in [1.82, 2.24) is 4.98 Å². The maximum atomic E-state index is 4.36. The third-order valence-electron chi connectivity index (χ3n) is 2.68. The van der Waals surface area contributed by atoms with Crippen molar-refractivity contribution in [3.8, 4) is 0 Å². The molecule has 0 saturated heterocycles. The fourth-order valence-electron chi connectivity index (χ4n) is 1.95. The molecule has 1 aromatic heterocycles. The van der Waals surface area contributed by atoms with Crippen LogP contribution in [0.4, 0.5) is 0 Å². The highest BCUT2D eigenvalue weighted by Gasteiger charge is 2.14. The van der Waals surface area contributed by atoms with Gasteiger partial charge in [-0.25, -0.2) is 4.98 Å². The van der Waals surface area contributed by atoms with Gasteiger partial charge in [0.2, 0.25) is 0 Å². The number of benzene rings is 1. The highest BCUT2D eigenvalue weighted by atomic mass is 32.1. The molecule has 1 aromatic carbocycles. The summed E-state index contributed by atoms with van der Waals surface area (Å²) in [5.41, 5.74) is 6.06. The first-order valence-electron chi connectivity index (χ1n) is 5.07. The minimum absolute atomic E-state index is 1.04. The van der Waals surface area contributed by atoms with E-state index >= 15 is 0 Å². The fraction of sp³-hybridized carbons (Fsp3) is 0.154. The lowest BCUT2D eigenvalue weighted by atomic mass is 10.0. The molecule has 1 aliphatic carbocycles. The Balaban J connectivity index is 1.80. The fourth-order valence-corrected chi connectivity index (χ4v) is 2.74. The van der Waals surface area contributed by atoms with Crippen LogP contribution in [0.5, 0.6) is 0 Å². The zero-order valence-corrected chi connectivity index (χ0v) is 9.13. The van der Waals surface area contributed by atoms with Crippen molar-refractivity contribution in [3.63, 3.8) is 0 Å². The van der Waals surface area contributed by atoms with E-state index in [0.717, 1.165) is 12.8 Å². The topological polar surface area (TPSA) is 12.9 Å². The van der Waals surface area contributed by atoms with E-state index in [0.29, 0.717) is 0 Å². The average molecular weight is 213 g/mol. The van der Waals surface area contributed by atoms with Crippen LogP contribution >= 0.6 is 11.3 Å². The second kappa shape index (κ2) is 3.63. The molecule has 0 unspecified atom stereocenters. The van der Waals surface area contributed by atoms with E-state index in [9.17, 15) is 0 Å². The second-order valence-corrected chi connectivity index (χ2v) is 4.69. The Morgan fingerprint density at radius 2 is 2.07 bits per heavy atom. The Labute approximate surface area is 93.1 Å².